The summed E-state index contributed by atoms with van der Waals surface area (Å²) < 4.78 is 0. The minimum absolute atomic E-state index is 0.182. The van der Waals surface area contributed by atoms with E-state index in [1.54, 1.807) is 0 Å². The molecule has 2 aromatic rings. The predicted molar refractivity (Wildman–Crippen MR) is 82.3 cm³/mol. The third-order valence-electron chi connectivity index (χ3n) is 4.13. The number of nitrogens with zero attached hydrogens (tertiary/aromatic N) is 1. The van der Waals surface area contributed by atoms with Gasteiger partial charge < -0.3 is 5.11 Å². The van der Waals surface area contributed by atoms with Crippen LogP contribution in [0, 0.1) is 0 Å². The van der Waals surface area contributed by atoms with Crippen LogP contribution in [0.15, 0.2) is 42.5 Å². The van der Waals surface area contributed by atoms with Crippen molar-refractivity contribution in [2.45, 2.75) is 18.9 Å². The molecular formula is C17H18ClNO. The maximum atomic E-state index is 9.84. The predicted octanol–water partition coefficient (Wildman–Crippen LogP) is 3.82. The monoisotopic (exact) mass is 287 g/mol. The first-order valence-electron chi connectivity index (χ1n) is 6.90. The van der Waals surface area contributed by atoms with Gasteiger partial charge in [-0.1, -0.05) is 41.9 Å². The van der Waals surface area contributed by atoms with Gasteiger partial charge in [-0.3, -0.25) is 4.90 Å². The Morgan fingerprint density at radius 1 is 1.15 bits per heavy atom. The van der Waals surface area contributed by atoms with E-state index >= 15 is 0 Å². The lowest BCUT2D eigenvalue weighted by atomic mass is 9.96. The lowest BCUT2D eigenvalue weighted by Crippen LogP contribution is -2.26. The molecule has 1 N–H and O–H groups in total. The molecule has 0 saturated carbocycles. The van der Waals surface area contributed by atoms with Gasteiger partial charge in [0.25, 0.3) is 0 Å². The minimum Gasteiger partial charge on any atom is -0.506 e. The smallest absolute Gasteiger partial charge is 0.134 e. The molecule has 104 valence electrons. The van der Waals surface area contributed by atoms with Crippen molar-refractivity contribution in [2.24, 2.45) is 0 Å². The number of benzene rings is 2. The van der Waals surface area contributed by atoms with E-state index < -0.39 is 0 Å². The quantitative estimate of drug-likeness (QED) is 0.862. The van der Waals surface area contributed by atoms with Crippen LogP contribution in [0.5, 0.6) is 5.75 Å². The molecular weight excluding hydrogens is 270 g/mol. The first-order valence-corrected chi connectivity index (χ1v) is 7.28. The van der Waals surface area contributed by atoms with Gasteiger partial charge in [-0.15, -0.1) is 0 Å². The molecule has 1 aliphatic heterocycles. The van der Waals surface area contributed by atoms with Crippen LogP contribution in [0.3, 0.4) is 0 Å². The molecule has 0 spiro atoms. The lowest BCUT2D eigenvalue weighted by Gasteiger charge is -2.26. The van der Waals surface area contributed by atoms with Gasteiger partial charge >= 0.3 is 0 Å². The number of hydrogen-bond acceptors (Lipinski definition) is 2. The summed E-state index contributed by atoms with van der Waals surface area (Å²) in [6, 6.07) is 14.6. The van der Waals surface area contributed by atoms with Crippen molar-refractivity contribution in [1.29, 1.82) is 0 Å². The summed E-state index contributed by atoms with van der Waals surface area (Å²) in [5.74, 6) is 0.182. The molecule has 0 fully saturated rings. The third kappa shape index (κ3) is 2.54. The second-order valence-electron chi connectivity index (χ2n) is 5.43. The van der Waals surface area contributed by atoms with Gasteiger partial charge in [0.15, 0.2) is 0 Å². The highest BCUT2D eigenvalue weighted by Gasteiger charge is 2.23. The molecule has 1 aliphatic rings. The van der Waals surface area contributed by atoms with E-state index in [0.29, 0.717) is 11.1 Å². The van der Waals surface area contributed by atoms with Crippen LogP contribution < -0.4 is 0 Å². The van der Waals surface area contributed by atoms with E-state index in [1.807, 2.05) is 18.2 Å². The van der Waals surface area contributed by atoms with Crippen molar-refractivity contribution >= 4 is 11.6 Å². The lowest BCUT2D eigenvalue weighted by molar-refractivity contribution is 0.254. The fourth-order valence-electron chi connectivity index (χ4n) is 2.93. The van der Waals surface area contributed by atoms with Crippen molar-refractivity contribution in [1.82, 2.24) is 4.90 Å². The summed E-state index contributed by atoms with van der Waals surface area (Å²) in [5, 5.41) is 10.3. The van der Waals surface area contributed by atoms with Crippen molar-refractivity contribution in [3.63, 3.8) is 0 Å². The van der Waals surface area contributed by atoms with Gasteiger partial charge in [0.2, 0.25) is 0 Å². The van der Waals surface area contributed by atoms with Crippen LogP contribution in [0.25, 0.3) is 0 Å². The zero-order chi connectivity index (χ0) is 14.1. The molecule has 2 nitrogen and oxygen atoms in total. The molecule has 0 aliphatic carbocycles. The minimum atomic E-state index is 0.182. The molecule has 1 heterocycles. The molecule has 0 amide bonds. The number of aromatic hydroxyl groups is 1. The van der Waals surface area contributed by atoms with Gasteiger partial charge in [0, 0.05) is 12.6 Å². The first-order chi connectivity index (χ1) is 9.65. The maximum absolute atomic E-state index is 9.84. The Hall–Kier alpha value is -1.51. The van der Waals surface area contributed by atoms with Crippen LogP contribution >= 0.6 is 11.6 Å². The molecule has 0 radical (unpaired) electrons. The molecule has 0 saturated heterocycles. The molecule has 20 heavy (non-hydrogen) atoms. The number of likely N-dealkylation sites (N-methyl/N-ethyl adjacent to an activating group) is 1. The number of hydrogen-bond donors (Lipinski definition) is 1. The summed E-state index contributed by atoms with van der Waals surface area (Å²) in [6.45, 7) is 0.994. The second-order valence-corrected chi connectivity index (χ2v) is 5.84. The zero-order valence-electron chi connectivity index (χ0n) is 11.5. The zero-order valence-corrected chi connectivity index (χ0v) is 12.3. The highest BCUT2D eigenvalue weighted by molar-refractivity contribution is 6.32. The van der Waals surface area contributed by atoms with Crippen molar-refractivity contribution < 1.29 is 5.11 Å². The molecule has 3 heteroatoms. The Kier molecular flexibility index (Phi) is 3.68. The summed E-state index contributed by atoms with van der Waals surface area (Å²) in [4.78, 5) is 2.38. The van der Waals surface area contributed by atoms with E-state index in [0.717, 1.165) is 19.4 Å². The van der Waals surface area contributed by atoms with Crippen molar-refractivity contribution in [2.75, 3.05) is 13.6 Å². The highest BCUT2D eigenvalue weighted by Crippen LogP contribution is 2.34. The van der Waals surface area contributed by atoms with E-state index in [4.69, 9.17) is 11.6 Å². The fraction of sp³-hybridized carbons (Fsp3) is 0.294. The number of phenolic OH excluding ortho intramolecular Hbond substituents is 1. The molecule has 1 atom stereocenters. The van der Waals surface area contributed by atoms with E-state index in [1.165, 1.54) is 16.7 Å². The van der Waals surface area contributed by atoms with Gasteiger partial charge in [-0.05, 0) is 48.7 Å². The van der Waals surface area contributed by atoms with Gasteiger partial charge in [-0.2, -0.15) is 0 Å². The summed E-state index contributed by atoms with van der Waals surface area (Å²) in [7, 11) is 2.16. The van der Waals surface area contributed by atoms with Crippen LogP contribution in [0.4, 0.5) is 0 Å². The fourth-order valence-corrected chi connectivity index (χ4v) is 3.12. The van der Waals surface area contributed by atoms with Crippen LogP contribution in [-0.2, 0) is 12.8 Å². The highest BCUT2D eigenvalue weighted by atomic mass is 35.5. The average molecular weight is 288 g/mol. The molecule has 2 aromatic carbocycles. The second kappa shape index (κ2) is 5.47. The largest absolute Gasteiger partial charge is 0.506 e. The molecule has 3 rings (SSSR count). The SMILES string of the molecule is CN1CCc2cc(Cl)c(O)cc2C[C@@H]1c1ccccc1. The molecule has 0 unspecified atom stereocenters. The van der Waals surface area contributed by atoms with Crippen molar-refractivity contribution in [3.05, 3.63) is 64.2 Å². The third-order valence-corrected chi connectivity index (χ3v) is 4.44. The standard InChI is InChI=1S/C17H18ClNO/c1-19-8-7-13-9-15(18)17(20)11-14(13)10-16(19)12-5-3-2-4-6-12/h2-6,9,11,16,20H,7-8,10H2,1H3/t16-/m1/s1. The van der Waals surface area contributed by atoms with Crippen LogP contribution in [0.2, 0.25) is 5.02 Å². The maximum Gasteiger partial charge on any atom is 0.134 e. The number of halogens is 1. The summed E-state index contributed by atoms with van der Waals surface area (Å²) in [5.41, 5.74) is 3.76. The average Bonchev–Trinajstić information content (AvgIpc) is 2.61. The number of fused-ring (bicyclic) bond motifs is 1. The van der Waals surface area contributed by atoms with Crippen LogP contribution in [0.1, 0.15) is 22.7 Å². The summed E-state index contributed by atoms with van der Waals surface area (Å²) >= 11 is 6.03. The van der Waals surface area contributed by atoms with E-state index in [-0.39, 0.29) is 5.75 Å². The van der Waals surface area contributed by atoms with E-state index in [2.05, 4.69) is 36.2 Å². The van der Waals surface area contributed by atoms with E-state index in [9.17, 15) is 5.11 Å². The van der Waals surface area contributed by atoms with Gasteiger partial charge in [0.1, 0.15) is 5.75 Å². The molecule has 0 bridgehead atoms. The molecule has 0 aromatic heterocycles. The number of rotatable bonds is 1. The Bertz CT molecular complexity index is 612. The first kappa shape index (κ1) is 13.5. The Balaban J connectivity index is 1.99. The van der Waals surface area contributed by atoms with Gasteiger partial charge in [0.05, 0.1) is 5.02 Å². The number of phenols is 1. The summed E-state index contributed by atoms with van der Waals surface area (Å²) in [6.07, 6.45) is 1.87. The topological polar surface area (TPSA) is 23.5 Å². The van der Waals surface area contributed by atoms with Gasteiger partial charge in [-0.25, -0.2) is 0 Å². The van der Waals surface area contributed by atoms with Crippen LogP contribution in [-0.4, -0.2) is 23.6 Å². The Labute approximate surface area is 124 Å². The normalized spacial score (nSPS) is 19.4. The van der Waals surface area contributed by atoms with Crippen molar-refractivity contribution in [3.8, 4) is 5.75 Å². The Morgan fingerprint density at radius 3 is 2.65 bits per heavy atom. The Morgan fingerprint density at radius 2 is 1.90 bits per heavy atom.